The molecule has 2 rings (SSSR count). The summed E-state index contributed by atoms with van der Waals surface area (Å²) in [5.74, 6) is 7.68. The summed E-state index contributed by atoms with van der Waals surface area (Å²) in [7, 11) is 0. The summed E-state index contributed by atoms with van der Waals surface area (Å²) < 4.78 is 5.75. The summed E-state index contributed by atoms with van der Waals surface area (Å²) in [6.45, 7) is 9.26. The monoisotopic (exact) mass is 279 g/mol. The fraction of sp³-hybridized carbons (Fsp3) is 0.714. The quantitative estimate of drug-likeness (QED) is 0.545. The molecule has 0 amide bonds. The van der Waals surface area contributed by atoms with Gasteiger partial charge in [0.2, 0.25) is 0 Å². The van der Waals surface area contributed by atoms with Crippen LogP contribution in [-0.2, 0) is 11.2 Å². The van der Waals surface area contributed by atoms with Crippen LogP contribution in [0.4, 0.5) is 11.6 Å². The summed E-state index contributed by atoms with van der Waals surface area (Å²) in [4.78, 5) is 8.79. The number of rotatable bonds is 6. The zero-order chi connectivity index (χ0) is 14.8. The average molecular weight is 279 g/mol. The molecule has 0 aromatic carbocycles. The minimum atomic E-state index is 0.101. The summed E-state index contributed by atoms with van der Waals surface area (Å²) in [5.41, 5.74) is 2.69. The first-order chi connectivity index (χ1) is 9.51. The average Bonchev–Trinajstić information content (AvgIpc) is 2.45. The maximum absolute atomic E-state index is 5.75. The fourth-order valence-electron chi connectivity index (χ4n) is 2.60. The Morgan fingerprint density at radius 3 is 2.60 bits per heavy atom. The van der Waals surface area contributed by atoms with Crippen LogP contribution in [-0.4, -0.2) is 28.7 Å². The Labute approximate surface area is 120 Å². The maximum Gasteiger partial charge on any atom is 0.145 e. The lowest BCUT2D eigenvalue weighted by Gasteiger charge is -2.51. The molecule has 1 saturated carbocycles. The Kier molecular flexibility index (Phi) is 4.45. The number of aryl methyl sites for hydroxylation is 1. The molecule has 112 valence electrons. The highest BCUT2D eigenvalue weighted by atomic mass is 16.5. The van der Waals surface area contributed by atoms with Crippen molar-refractivity contribution in [1.29, 1.82) is 0 Å². The van der Waals surface area contributed by atoms with E-state index in [4.69, 9.17) is 10.6 Å². The first-order valence-electron chi connectivity index (χ1n) is 7.24. The smallest absolute Gasteiger partial charge is 0.145 e. The van der Waals surface area contributed by atoms with Gasteiger partial charge >= 0.3 is 0 Å². The van der Waals surface area contributed by atoms with Crippen molar-refractivity contribution >= 4 is 11.6 Å². The number of anilines is 2. The van der Waals surface area contributed by atoms with Crippen molar-refractivity contribution in [2.75, 3.05) is 17.3 Å². The molecule has 1 aromatic heterocycles. The fourth-order valence-corrected chi connectivity index (χ4v) is 2.60. The molecule has 4 N–H and O–H groups in total. The number of nitrogens with zero attached hydrogens (tertiary/aromatic N) is 2. The molecule has 1 aliphatic carbocycles. The van der Waals surface area contributed by atoms with E-state index in [1.54, 1.807) is 0 Å². The topological polar surface area (TPSA) is 85.1 Å². The molecule has 0 radical (unpaired) electrons. The van der Waals surface area contributed by atoms with Crippen molar-refractivity contribution in [3.8, 4) is 0 Å². The molecule has 20 heavy (non-hydrogen) atoms. The summed E-state index contributed by atoms with van der Waals surface area (Å²) in [6.07, 6.45) is 2.09. The van der Waals surface area contributed by atoms with Crippen LogP contribution in [0, 0.1) is 5.41 Å². The van der Waals surface area contributed by atoms with E-state index in [1.165, 1.54) is 0 Å². The molecule has 2 atom stereocenters. The zero-order valence-corrected chi connectivity index (χ0v) is 12.7. The van der Waals surface area contributed by atoms with Gasteiger partial charge in [-0.25, -0.2) is 15.8 Å². The van der Waals surface area contributed by atoms with Gasteiger partial charge in [0, 0.05) is 30.6 Å². The minimum absolute atomic E-state index is 0.101. The van der Waals surface area contributed by atoms with E-state index in [1.807, 2.05) is 19.9 Å². The van der Waals surface area contributed by atoms with Crippen molar-refractivity contribution in [1.82, 2.24) is 9.97 Å². The van der Waals surface area contributed by atoms with Crippen molar-refractivity contribution in [3.05, 3.63) is 11.9 Å². The SMILES string of the molecule is CCOC1CC(Nc2cc(NN)nc(CC)n2)C1(C)C. The highest BCUT2D eigenvalue weighted by Crippen LogP contribution is 2.44. The number of hydrazine groups is 1. The van der Waals surface area contributed by atoms with Gasteiger partial charge in [0.15, 0.2) is 0 Å². The van der Waals surface area contributed by atoms with E-state index in [2.05, 4.69) is 34.6 Å². The number of nitrogens with two attached hydrogens (primary N) is 1. The first-order valence-corrected chi connectivity index (χ1v) is 7.24. The van der Waals surface area contributed by atoms with E-state index in [-0.39, 0.29) is 5.41 Å². The van der Waals surface area contributed by atoms with E-state index in [0.29, 0.717) is 18.0 Å². The Morgan fingerprint density at radius 1 is 1.35 bits per heavy atom. The predicted octanol–water partition coefficient (Wildman–Crippen LogP) is 1.94. The van der Waals surface area contributed by atoms with E-state index in [0.717, 1.165) is 31.1 Å². The third-order valence-electron chi connectivity index (χ3n) is 4.10. The molecule has 6 heteroatoms. The van der Waals surface area contributed by atoms with Crippen LogP contribution in [0.25, 0.3) is 0 Å². The summed E-state index contributed by atoms with van der Waals surface area (Å²) >= 11 is 0. The zero-order valence-electron chi connectivity index (χ0n) is 12.7. The lowest BCUT2D eigenvalue weighted by atomic mass is 9.64. The van der Waals surface area contributed by atoms with Crippen LogP contribution < -0.4 is 16.6 Å². The van der Waals surface area contributed by atoms with Crippen molar-refractivity contribution in [2.45, 2.75) is 52.7 Å². The molecule has 0 aliphatic heterocycles. The molecule has 1 heterocycles. The van der Waals surface area contributed by atoms with Gasteiger partial charge in [0.25, 0.3) is 0 Å². The standard InChI is InChI=1S/C14H25N5O/c1-5-11-17-12(8-13(18-11)19-15)16-9-7-10(20-6-2)14(9,3)4/h8-10H,5-7,15H2,1-4H3,(H2,16,17,18,19). The first kappa shape index (κ1) is 15.0. The second-order valence-electron chi connectivity index (χ2n) is 5.75. The molecule has 1 fully saturated rings. The molecule has 1 aromatic rings. The van der Waals surface area contributed by atoms with Crippen LogP contribution >= 0.6 is 0 Å². The molecular weight excluding hydrogens is 254 g/mol. The summed E-state index contributed by atoms with van der Waals surface area (Å²) in [6, 6.07) is 2.19. The number of nitrogens with one attached hydrogen (secondary N) is 2. The number of ether oxygens (including phenoxy) is 1. The summed E-state index contributed by atoms with van der Waals surface area (Å²) in [5, 5.41) is 3.48. The van der Waals surface area contributed by atoms with E-state index < -0.39 is 0 Å². The Morgan fingerprint density at radius 2 is 2.05 bits per heavy atom. The highest BCUT2D eigenvalue weighted by molar-refractivity contribution is 5.48. The van der Waals surface area contributed by atoms with Crippen LogP contribution in [0.2, 0.25) is 0 Å². The lowest BCUT2D eigenvalue weighted by molar-refractivity contribution is -0.0976. The van der Waals surface area contributed by atoms with Crippen molar-refractivity contribution in [2.24, 2.45) is 11.3 Å². The minimum Gasteiger partial charge on any atom is -0.378 e. The van der Waals surface area contributed by atoms with Crippen LogP contribution in [0.15, 0.2) is 6.07 Å². The van der Waals surface area contributed by atoms with Gasteiger partial charge in [0.1, 0.15) is 17.5 Å². The second-order valence-corrected chi connectivity index (χ2v) is 5.75. The van der Waals surface area contributed by atoms with Crippen molar-refractivity contribution in [3.63, 3.8) is 0 Å². The number of aromatic nitrogens is 2. The van der Waals surface area contributed by atoms with Crippen LogP contribution in [0.3, 0.4) is 0 Å². The molecule has 0 saturated heterocycles. The Hall–Kier alpha value is -1.40. The number of hydrogen-bond acceptors (Lipinski definition) is 6. The molecule has 0 spiro atoms. The van der Waals surface area contributed by atoms with Gasteiger partial charge in [0.05, 0.1) is 6.10 Å². The van der Waals surface area contributed by atoms with Crippen LogP contribution in [0.1, 0.15) is 39.9 Å². The van der Waals surface area contributed by atoms with Gasteiger partial charge < -0.3 is 15.5 Å². The Bertz CT molecular complexity index is 441. The maximum atomic E-state index is 5.75. The predicted molar refractivity (Wildman–Crippen MR) is 80.4 cm³/mol. The van der Waals surface area contributed by atoms with Gasteiger partial charge in [-0.1, -0.05) is 20.8 Å². The van der Waals surface area contributed by atoms with E-state index in [9.17, 15) is 0 Å². The number of nitrogen functional groups attached to an aromatic ring is 1. The van der Waals surface area contributed by atoms with E-state index >= 15 is 0 Å². The number of hydrogen-bond donors (Lipinski definition) is 3. The highest BCUT2D eigenvalue weighted by Gasteiger charge is 2.49. The third-order valence-corrected chi connectivity index (χ3v) is 4.10. The van der Waals surface area contributed by atoms with Gasteiger partial charge in [-0.3, -0.25) is 0 Å². The van der Waals surface area contributed by atoms with Gasteiger partial charge in [-0.05, 0) is 13.3 Å². The lowest BCUT2D eigenvalue weighted by Crippen LogP contribution is -2.58. The molecular formula is C14H25N5O. The van der Waals surface area contributed by atoms with Gasteiger partial charge in [-0.2, -0.15) is 0 Å². The van der Waals surface area contributed by atoms with Gasteiger partial charge in [-0.15, -0.1) is 0 Å². The molecule has 1 aliphatic rings. The second kappa shape index (κ2) is 5.93. The molecule has 0 bridgehead atoms. The normalized spacial score (nSPS) is 24.1. The molecule has 6 nitrogen and oxygen atoms in total. The Balaban J connectivity index is 2.07. The largest absolute Gasteiger partial charge is 0.378 e. The molecule has 2 unspecified atom stereocenters. The van der Waals surface area contributed by atoms with Crippen LogP contribution in [0.5, 0.6) is 0 Å². The third kappa shape index (κ3) is 2.86. The van der Waals surface area contributed by atoms with Crippen molar-refractivity contribution < 1.29 is 4.74 Å².